The van der Waals surface area contributed by atoms with Crippen molar-refractivity contribution < 1.29 is 17.7 Å². The Balaban J connectivity index is 0.0000000991. The number of benzene rings is 21. The topological polar surface area (TPSA) is 156 Å². The van der Waals surface area contributed by atoms with Crippen LogP contribution in [0.25, 0.3) is 278 Å². The highest BCUT2D eigenvalue weighted by Gasteiger charge is 2.25. The van der Waals surface area contributed by atoms with Gasteiger partial charge in [0.15, 0.2) is 5.82 Å². The third-order valence-electron chi connectivity index (χ3n) is 27.2. The summed E-state index contributed by atoms with van der Waals surface area (Å²) >= 11 is 0. The van der Waals surface area contributed by atoms with Gasteiger partial charge in [0.25, 0.3) is 0 Å². The van der Waals surface area contributed by atoms with E-state index in [2.05, 4.69) is 279 Å². The van der Waals surface area contributed by atoms with Gasteiger partial charge in [-0.15, -0.1) is 0 Å². The Morgan fingerprint density at radius 1 is 0.123 bits per heavy atom. The Labute approximate surface area is 838 Å². The number of hydrogen-bond donors (Lipinski definition) is 0. The second-order valence-electron chi connectivity index (χ2n) is 36.1. The lowest BCUT2D eigenvalue weighted by molar-refractivity contribution is 0.668. The lowest BCUT2D eigenvalue weighted by Crippen LogP contribution is -1.97. The van der Waals surface area contributed by atoms with Gasteiger partial charge in [-0.25, -0.2) is 39.9 Å². The van der Waals surface area contributed by atoms with Crippen molar-refractivity contribution in [2.45, 2.75) is 0 Å². The predicted octanol–water partition coefficient (Wildman–Crippen LogP) is 35.8. The van der Waals surface area contributed by atoms with Crippen LogP contribution in [-0.4, -0.2) is 39.9 Å². The van der Waals surface area contributed by atoms with Crippen LogP contribution in [0.4, 0.5) is 0 Å². The van der Waals surface area contributed by atoms with E-state index in [-0.39, 0.29) is 0 Å². The van der Waals surface area contributed by atoms with Gasteiger partial charge in [0, 0.05) is 98.5 Å². The quantitative estimate of drug-likeness (QED) is 0.108. The molecule has 8 aromatic heterocycles. The van der Waals surface area contributed by atoms with Gasteiger partial charge in [0.2, 0.25) is 0 Å². The number of furan rings is 4. The molecule has 146 heavy (non-hydrogen) atoms. The van der Waals surface area contributed by atoms with Crippen LogP contribution in [0.2, 0.25) is 0 Å². The molecule has 0 fully saturated rings. The number of para-hydroxylation sites is 7. The summed E-state index contributed by atoms with van der Waals surface area (Å²) < 4.78 is 24.5. The van der Waals surface area contributed by atoms with E-state index in [1.165, 1.54) is 11.1 Å². The van der Waals surface area contributed by atoms with Crippen molar-refractivity contribution in [2.24, 2.45) is 0 Å². The van der Waals surface area contributed by atoms with Gasteiger partial charge in [-0.1, -0.05) is 419 Å². The van der Waals surface area contributed by atoms with E-state index in [1.807, 2.05) is 231 Å². The number of nitrogens with zero attached hydrogens (tertiary/aromatic N) is 8. The molecule has 12 heteroatoms. The Morgan fingerprint density at radius 3 is 0.808 bits per heavy atom. The average molecular weight is 1870 g/mol. The maximum atomic E-state index is 6.16. The smallest absolute Gasteiger partial charge is 0.160 e. The van der Waals surface area contributed by atoms with Crippen LogP contribution in [0.15, 0.2) is 527 Å². The van der Waals surface area contributed by atoms with Crippen molar-refractivity contribution >= 4 is 132 Å². The Bertz CT molecular complexity index is 9930. The van der Waals surface area contributed by atoms with E-state index in [0.717, 1.165) is 266 Å². The summed E-state index contributed by atoms with van der Waals surface area (Å²) in [5.41, 5.74) is 39.1. The molecule has 0 bridgehead atoms. The van der Waals surface area contributed by atoms with Crippen LogP contribution < -0.4 is 0 Å². The zero-order valence-electron chi connectivity index (χ0n) is 78.7. The first-order chi connectivity index (χ1) is 72.4. The minimum atomic E-state index is 0.729. The molecule has 8 heterocycles. The van der Waals surface area contributed by atoms with Crippen molar-refractivity contribution in [3.8, 4) is 146 Å². The van der Waals surface area contributed by atoms with E-state index in [0.29, 0.717) is 0 Å². The molecule has 684 valence electrons. The summed E-state index contributed by atoms with van der Waals surface area (Å²) in [7, 11) is 0. The van der Waals surface area contributed by atoms with Crippen molar-refractivity contribution in [3.63, 3.8) is 0 Å². The minimum Gasteiger partial charge on any atom is -0.456 e. The number of rotatable bonds is 13. The second kappa shape index (κ2) is 37.7. The molecule has 12 nitrogen and oxygen atoms in total. The Morgan fingerprint density at radius 2 is 0.384 bits per heavy atom. The summed E-state index contributed by atoms with van der Waals surface area (Å²) in [6.45, 7) is 0. The van der Waals surface area contributed by atoms with Crippen molar-refractivity contribution in [2.75, 3.05) is 0 Å². The highest BCUT2D eigenvalue weighted by Crippen LogP contribution is 2.47. The first kappa shape index (κ1) is 86.5. The highest BCUT2D eigenvalue weighted by molar-refractivity contribution is 6.18. The number of hydrogen-bond acceptors (Lipinski definition) is 12. The fourth-order valence-corrected chi connectivity index (χ4v) is 20.2. The molecule has 0 aliphatic heterocycles. The molecular weight excluding hydrogens is 1790 g/mol. The zero-order chi connectivity index (χ0) is 96.7. The van der Waals surface area contributed by atoms with Crippen molar-refractivity contribution in [1.82, 2.24) is 39.9 Å². The molecule has 29 rings (SSSR count). The SMILES string of the molecule is c1ccc(-c2ccc(-c3nc4ccccc4nc3-c3ccc(-c4cccc5oc6ccccc6c45)cc3)cc2)cc1.c1ccc(-c2nc(-c3ccccc3)c3cc(-c4cccc5oc6ccccc6c45)ccc3n2)cc1.c1ccc(-c2nc3ccc(-c4cccc5oc6ccccc6c45)cc3nc2-c2ccccc2)cc1.c1ccc(-c2nc3cccc(-c4cccc5oc6ccccc6c45)c3nc2-c2ccccc2)cc1. The lowest BCUT2D eigenvalue weighted by Gasteiger charge is -2.13. The van der Waals surface area contributed by atoms with E-state index >= 15 is 0 Å². The molecule has 0 aliphatic rings. The molecule has 0 saturated heterocycles. The van der Waals surface area contributed by atoms with Crippen LogP contribution in [0, 0.1) is 0 Å². The number of aromatic nitrogens is 8. The summed E-state index contributed by atoms with van der Waals surface area (Å²) in [6.07, 6.45) is 0. The monoisotopic (exact) mass is 1870 g/mol. The van der Waals surface area contributed by atoms with E-state index < -0.39 is 0 Å². The molecule has 0 N–H and O–H groups in total. The van der Waals surface area contributed by atoms with Gasteiger partial charge in [0.05, 0.1) is 78.5 Å². The minimum absolute atomic E-state index is 0.729. The molecule has 29 aromatic rings. The Kier molecular flexibility index (Phi) is 22.4. The molecule has 0 aliphatic carbocycles. The molecule has 21 aromatic carbocycles. The number of fused-ring (bicyclic) bond motifs is 16. The standard InChI is InChI=1S/C38H24N2O.3C32H20N2O/c1-2-9-25(10-3-1)26-17-21-28(22-18-26)37-38(40-33-14-6-5-13-32(33)39-37)29-23-19-27(20-24-29)30-12-8-16-35-36(30)31-11-4-7-15-34(31)41-35;1-3-11-21(12-4-1)30-31(22-13-5-2-6-14-22)34-32-24(17-9-18-26(32)33-30)23-16-10-20-28-29(23)25-15-7-8-19-27(25)35-28;1-3-10-21(11-4-1)31-26-20-23(18-19-27(26)33-32(34-31)22-12-5-2-6-13-22)24-15-9-17-29-30(24)25-14-7-8-16-28(25)35-29;1-3-10-21(11-4-1)31-32(22-12-5-2-6-13-22)34-27-20-23(18-19-26(27)33-31)24-15-9-17-29-30(24)25-14-7-8-16-28(25)35-29/h1-24H;3*1-20H. The molecule has 0 unspecified atom stereocenters. The van der Waals surface area contributed by atoms with Crippen molar-refractivity contribution in [1.29, 1.82) is 0 Å². The summed E-state index contributed by atoms with van der Waals surface area (Å²) in [4.78, 5) is 40.9. The van der Waals surface area contributed by atoms with E-state index in [1.54, 1.807) is 0 Å². The average Bonchev–Trinajstić information content (AvgIpc) is 1.52. The predicted molar refractivity (Wildman–Crippen MR) is 598 cm³/mol. The third-order valence-corrected chi connectivity index (χ3v) is 27.2. The molecule has 0 radical (unpaired) electrons. The summed E-state index contributed by atoms with van der Waals surface area (Å²) in [6, 6.07) is 174. The van der Waals surface area contributed by atoms with Gasteiger partial charge in [-0.2, -0.15) is 0 Å². The lowest BCUT2D eigenvalue weighted by atomic mass is 9.96. The van der Waals surface area contributed by atoms with Crippen LogP contribution in [0.1, 0.15) is 0 Å². The molecule has 0 atom stereocenters. The fourth-order valence-electron chi connectivity index (χ4n) is 20.2. The Hall–Kier alpha value is -19.8. The molecule has 0 amide bonds. The van der Waals surface area contributed by atoms with Crippen LogP contribution in [0.5, 0.6) is 0 Å². The summed E-state index contributed by atoms with van der Waals surface area (Å²) in [5.74, 6) is 0.729. The highest BCUT2D eigenvalue weighted by atomic mass is 16.3. The van der Waals surface area contributed by atoms with Crippen LogP contribution in [0.3, 0.4) is 0 Å². The maximum Gasteiger partial charge on any atom is 0.160 e. The molecule has 0 spiro atoms. The second-order valence-corrected chi connectivity index (χ2v) is 36.1. The van der Waals surface area contributed by atoms with Gasteiger partial charge in [-0.05, 0) is 141 Å². The summed E-state index contributed by atoms with van der Waals surface area (Å²) in [5, 5.41) is 10.00. The fraction of sp³-hybridized carbons (Fsp3) is 0. The van der Waals surface area contributed by atoms with E-state index in [9.17, 15) is 0 Å². The van der Waals surface area contributed by atoms with Gasteiger partial charge < -0.3 is 17.7 Å². The largest absolute Gasteiger partial charge is 0.456 e. The van der Waals surface area contributed by atoms with E-state index in [4.69, 9.17) is 57.5 Å². The van der Waals surface area contributed by atoms with Crippen molar-refractivity contribution in [3.05, 3.63) is 510 Å². The molecular formula is C134H84N8O4. The normalized spacial score (nSPS) is 11.4. The zero-order valence-corrected chi connectivity index (χ0v) is 78.7. The van der Waals surface area contributed by atoms with Crippen LogP contribution >= 0.6 is 0 Å². The third kappa shape index (κ3) is 16.4. The van der Waals surface area contributed by atoms with Crippen LogP contribution in [-0.2, 0) is 0 Å². The van der Waals surface area contributed by atoms with Gasteiger partial charge >= 0.3 is 0 Å². The maximum absolute atomic E-state index is 6.16. The first-order valence-electron chi connectivity index (χ1n) is 48.8. The van der Waals surface area contributed by atoms with Gasteiger partial charge in [-0.3, -0.25) is 0 Å². The molecule has 0 saturated carbocycles. The first-order valence-corrected chi connectivity index (χ1v) is 48.8. The van der Waals surface area contributed by atoms with Gasteiger partial charge in [0.1, 0.15) is 44.7 Å².